The number of methoxy groups -OCH3 is 1. The standard InChI is InChI=1S/C19H36N2O4/c1-10-13(4)17(21(8)18(23)16(20)12(2)3)14(24-9)11-15(22)25-19(5,6)7/h10,12,14,16-17H,11,20H2,1-9H3/b13-10-/t14-,16+,17+/m1/s1. The summed E-state index contributed by atoms with van der Waals surface area (Å²) in [6.45, 7) is 13.1. The number of carbonyl (C=O) groups is 2. The van der Waals surface area contributed by atoms with Gasteiger partial charge in [-0.05, 0) is 40.5 Å². The minimum absolute atomic E-state index is 0.0216. The third kappa shape index (κ3) is 7.57. The fraction of sp³-hybridized carbons (Fsp3) is 0.789. The Balaban J connectivity index is 5.47. The lowest BCUT2D eigenvalue weighted by Gasteiger charge is -2.36. The molecule has 0 saturated heterocycles. The van der Waals surface area contributed by atoms with E-state index in [1.165, 1.54) is 7.11 Å². The zero-order chi connectivity index (χ0) is 19.9. The van der Waals surface area contributed by atoms with Gasteiger partial charge in [-0.2, -0.15) is 0 Å². The molecule has 0 spiro atoms. The molecule has 0 aliphatic rings. The van der Waals surface area contributed by atoms with Crippen molar-refractivity contribution in [2.75, 3.05) is 14.2 Å². The minimum atomic E-state index is -0.601. The van der Waals surface area contributed by atoms with Gasteiger partial charge in [0.2, 0.25) is 5.91 Å². The number of esters is 1. The molecule has 0 aromatic rings. The fourth-order valence-corrected chi connectivity index (χ4v) is 2.55. The van der Waals surface area contributed by atoms with Crippen molar-refractivity contribution >= 4 is 11.9 Å². The SMILES string of the molecule is C/C=C(/C)[C@@H]([C@@H](CC(=O)OC(C)(C)C)OC)N(C)C(=O)[C@@H](N)C(C)C. The summed E-state index contributed by atoms with van der Waals surface area (Å²) in [5.41, 5.74) is 6.39. The first-order chi connectivity index (χ1) is 11.4. The Morgan fingerprint density at radius 1 is 1.24 bits per heavy atom. The van der Waals surface area contributed by atoms with Crippen LogP contribution in [0.1, 0.15) is 54.9 Å². The van der Waals surface area contributed by atoms with Crippen LogP contribution in [0, 0.1) is 5.92 Å². The second kappa shape index (κ2) is 9.92. The van der Waals surface area contributed by atoms with Crippen LogP contribution in [0.2, 0.25) is 0 Å². The van der Waals surface area contributed by atoms with Crippen LogP contribution in [-0.4, -0.2) is 54.7 Å². The molecule has 0 heterocycles. The smallest absolute Gasteiger partial charge is 0.309 e. The van der Waals surface area contributed by atoms with Gasteiger partial charge in [-0.1, -0.05) is 25.5 Å². The largest absolute Gasteiger partial charge is 0.460 e. The second-order valence-electron chi connectivity index (χ2n) is 7.76. The summed E-state index contributed by atoms with van der Waals surface area (Å²) >= 11 is 0. The molecule has 0 aromatic heterocycles. The summed E-state index contributed by atoms with van der Waals surface area (Å²) in [6, 6.07) is -0.990. The Kier molecular flexibility index (Phi) is 9.37. The number of rotatable bonds is 8. The molecule has 0 saturated carbocycles. The highest BCUT2D eigenvalue weighted by molar-refractivity contribution is 5.82. The maximum absolute atomic E-state index is 12.7. The van der Waals surface area contributed by atoms with E-state index in [4.69, 9.17) is 15.2 Å². The molecule has 6 heteroatoms. The van der Waals surface area contributed by atoms with Gasteiger partial charge in [0.1, 0.15) is 5.60 Å². The molecule has 146 valence electrons. The summed E-state index contributed by atoms with van der Waals surface area (Å²) < 4.78 is 10.9. The van der Waals surface area contributed by atoms with Gasteiger partial charge < -0.3 is 20.1 Å². The maximum Gasteiger partial charge on any atom is 0.309 e. The Hall–Kier alpha value is -1.40. The highest BCUT2D eigenvalue weighted by atomic mass is 16.6. The summed E-state index contributed by atoms with van der Waals surface area (Å²) in [5, 5.41) is 0. The van der Waals surface area contributed by atoms with Gasteiger partial charge >= 0.3 is 5.97 Å². The second-order valence-corrected chi connectivity index (χ2v) is 7.76. The molecule has 0 aliphatic heterocycles. The number of nitrogens with two attached hydrogens (primary N) is 1. The third-order valence-corrected chi connectivity index (χ3v) is 4.13. The van der Waals surface area contributed by atoms with E-state index in [0.717, 1.165) is 5.57 Å². The molecule has 0 fully saturated rings. The number of carbonyl (C=O) groups excluding carboxylic acids is 2. The van der Waals surface area contributed by atoms with Gasteiger partial charge in [-0.15, -0.1) is 0 Å². The van der Waals surface area contributed by atoms with E-state index in [0.29, 0.717) is 0 Å². The third-order valence-electron chi connectivity index (χ3n) is 4.13. The average Bonchev–Trinajstić information content (AvgIpc) is 2.49. The summed E-state index contributed by atoms with van der Waals surface area (Å²) in [6.07, 6.45) is 1.45. The van der Waals surface area contributed by atoms with Crippen molar-refractivity contribution in [2.24, 2.45) is 11.7 Å². The van der Waals surface area contributed by atoms with E-state index in [1.807, 2.05) is 54.5 Å². The first kappa shape index (κ1) is 23.6. The quantitative estimate of drug-likeness (QED) is 0.534. The molecule has 6 nitrogen and oxygen atoms in total. The van der Waals surface area contributed by atoms with Crippen molar-refractivity contribution < 1.29 is 19.1 Å². The Morgan fingerprint density at radius 2 is 1.76 bits per heavy atom. The monoisotopic (exact) mass is 356 g/mol. The minimum Gasteiger partial charge on any atom is -0.460 e. The van der Waals surface area contributed by atoms with Crippen LogP contribution in [0.15, 0.2) is 11.6 Å². The predicted molar refractivity (Wildman–Crippen MR) is 100 cm³/mol. The highest BCUT2D eigenvalue weighted by Gasteiger charge is 2.34. The lowest BCUT2D eigenvalue weighted by atomic mass is 9.96. The molecule has 3 atom stereocenters. The van der Waals surface area contributed by atoms with Crippen LogP contribution in [-0.2, 0) is 19.1 Å². The number of likely N-dealkylation sites (N-methyl/N-ethyl adjacent to an activating group) is 1. The van der Waals surface area contributed by atoms with Crippen LogP contribution >= 0.6 is 0 Å². The van der Waals surface area contributed by atoms with E-state index < -0.39 is 17.7 Å². The number of hydrogen-bond donors (Lipinski definition) is 1. The van der Waals surface area contributed by atoms with Crippen molar-refractivity contribution in [3.8, 4) is 0 Å². The fourth-order valence-electron chi connectivity index (χ4n) is 2.55. The average molecular weight is 357 g/mol. The molecule has 0 rings (SSSR count). The zero-order valence-electron chi connectivity index (χ0n) is 17.3. The van der Waals surface area contributed by atoms with Crippen LogP contribution in [0.3, 0.4) is 0 Å². The van der Waals surface area contributed by atoms with Crippen LogP contribution < -0.4 is 5.73 Å². The van der Waals surface area contributed by atoms with Crippen molar-refractivity contribution in [1.29, 1.82) is 0 Å². The first-order valence-electron chi connectivity index (χ1n) is 8.75. The summed E-state index contributed by atoms with van der Waals surface area (Å²) in [4.78, 5) is 26.5. The molecule has 1 amide bonds. The van der Waals surface area contributed by atoms with E-state index in [2.05, 4.69) is 0 Å². The Morgan fingerprint density at radius 3 is 2.12 bits per heavy atom. The summed E-state index contributed by atoms with van der Waals surface area (Å²) in [5.74, 6) is -0.511. The number of ether oxygens (including phenoxy) is 2. The molecule has 2 N–H and O–H groups in total. The van der Waals surface area contributed by atoms with Crippen molar-refractivity contribution in [3.05, 3.63) is 11.6 Å². The van der Waals surface area contributed by atoms with E-state index in [1.54, 1.807) is 11.9 Å². The molecule has 25 heavy (non-hydrogen) atoms. The van der Waals surface area contributed by atoms with Crippen LogP contribution in [0.4, 0.5) is 0 Å². The van der Waals surface area contributed by atoms with E-state index in [9.17, 15) is 9.59 Å². The van der Waals surface area contributed by atoms with Crippen LogP contribution in [0.5, 0.6) is 0 Å². The molecular weight excluding hydrogens is 320 g/mol. The molecule has 0 unspecified atom stereocenters. The number of hydrogen-bond acceptors (Lipinski definition) is 5. The predicted octanol–water partition coefficient (Wildman–Crippen LogP) is 2.51. The Labute approximate surface area is 152 Å². The van der Waals surface area contributed by atoms with Gasteiger partial charge in [0.05, 0.1) is 24.6 Å². The van der Waals surface area contributed by atoms with Gasteiger partial charge in [-0.3, -0.25) is 9.59 Å². The van der Waals surface area contributed by atoms with Gasteiger partial charge in [0.15, 0.2) is 0 Å². The van der Waals surface area contributed by atoms with Gasteiger partial charge in [0, 0.05) is 14.2 Å². The zero-order valence-corrected chi connectivity index (χ0v) is 17.3. The number of nitrogens with zero attached hydrogens (tertiary/aromatic N) is 1. The number of amides is 1. The molecule has 0 aliphatic carbocycles. The molecular formula is C19H36N2O4. The normalized spacial score (nSPS) is 16.4. The van der Waals surface area contributed by atoms with Crippen molar-refractivity contribution in [1.82, 2.24) is 4.90 Å². The van der Waals surface area contributed by atoms with E-state index in [-0.39, 0.29) is 30.3 Å². The topological polar surface area (TPSA) is 81.9 Å². The number of allylic oxidation sites excluding steroid dienone is 1. The Bertz CT molecular complexity index is 480. The van der Waals surface area contributed by atoms with Crippen molar-refractivity contribution in [2.45, 2.75) is 78.7 Å². The molecule has 0 bridgehead atoms. The van der Waals surface area contributed by atoms with Gasteiger partial charge in [-0.25, -0.2) is 0 Å². The van der Waals surface area contributed by atoms with Crippen LogP contribution in [0.25, 0.3) is 0 Å². The lowest BCUT2D eigenvalue weighted by molar-refractivity contribution is -0.159. The molecule has 0 radical (unpaired) electrons. The maximum atomic E-state index is 12.7. The lowest BCUT2D eigenvalue weighted by Crippen LogP contribution is -2.53. The van der Waals surface area contributed by atoms with Crippen molar-refractivity contribution in [3.63, 3.8) is 0 Å². The summed E-state index contributed by atoms with van der Waals surface area (Å²) in [7, 11) is 3.23. The van der Waals surface area contributed by atoms with Gasteiger partial charge in [0.25, 0.3) is 0 Å². The van der Waals surface area contributed by atoms with E-state index >= 15 is 0 Å². The first-order valence-corrected chi connectivity index (χ1v) is 8.75. The highest BCUT2D eigenvalue weighted by Crippen LogP contribution is 2.21. The molecule has 0 aromatic carbocycles.